The van der Waals surface area contributed by atoms with Crippen LogP contribution in [0.25, 0.3) is 32.3 Å². The molecule has 5 rings (SSSR count). The van der Waals surface area contributed by atoms with E-state index in [1.54, 1.807) is 0 Å². The van der Waals surface area contributed by atoms with E-state index in [0.29, 0.717) is 0 Å². The van der Waals surface area contributed by atoms with Crippen molar-refractivity contribution in [1.29, 1.82) is 0 Å². The maximum Gasteiger partial charge on any atom is 4.00 e. The van der Waals surface area contributed by atoms with Gasteiger partial charge < -0.3 is 24.8 Å². The molecule has 0 fully saturated rings. The smallest absolute Gasteiger partial charge is 1.00 e. The van der Waals surface area contributed by atoms with Gasteiger partial charge in [-0.2, -0.15) is 17.5 Å². The van der Waals surface area contributed by atoms with Crippen molar-refractivity contribution < 1.29 is 51.0 Å². The molecule has 0 unspecified atom stereocenters. The Morgan fingerprint density at radius 3 is 1.54 bits per heavy atom. The number of halogens is 2. The van der Waals surface area contributed by atoms with Crippen molar-refractivity contribution in [2.75, 3.05) is 0 Å². The van der Waals surface area contributed by atoms with Gasteiger partial charge in [0.05, 0.1) is 0 Å². The Labute approximate surface area is 201 Å². The third kappa shape index (κ3) is 6.71. The summed E-state index contributed by atoms with van der Waals surface area (Å²) in [7, 11) is 1.08. The minimum absolute atomic E-state index is 0. The van der Waals surface area contributed by atoms with Crippen LogP contribution < -0.4 is 24.8 Å². The summed E-state index contributed by atoms with van der Waals surface area (Å²) in [6.45, 7) is 4.31. The van der Waals surface area contributed by atoms with Crippen molar-refractivity contribution in [3.63, 3.8) is 0 Å². The molecular weight excluding hydrogens is 478 g/mol. The summed E-state index contributed by atoms with van der Waals surface area (Å²) >= 11 is 0. The van der Waals surface area contributed by atoms with Gasteiger partial charge in [-0.05, 0) is 0 Å². The third-order valence-corrected chi connectivity index (χ3v) is 4.07. The van der Waals surface area contributed by atoms with Gasteiger partial charge in [0.15, 0.2) is 0 Å². The van der Waals surface area contributed by atoms with Crippen LogP contribution in [0, 0.1) is 0 Å². The van der Waals surface area contributed by atoms with E-state index in [1.165, 1.54) is 32.3 Å². The summed E-state index contributed by atoms with van der Waals surface area (Å²) in [4.78, 5) is 0. The van der Waals surface area contributed by atoms with Crippen molar-refractivity contribution in [2.45, 2.75) is 13.1 Å². The quantitative estimate of drug-likeness (QED) is 0.220. The molecule has 28 heavy (non-hydrogen) atoms. The van der Waals surface area contributed by atoms with Gasteiger partial charge in [0.25, 0.3) is 0 Å². The molecule has 0 saturated heterocycles. The van der Waals surface area contributed by atoms with Crippen LogP contribution in [-0.2, 0) is 26.2 Å². The molecule has 0 bridgehead atoms. The van der Waals surface area contributed by atoms with Gasteiger partial charge in [0.2, 0.25) is 0 Å². The molecule has 0 aromatic heterocycles. The summed E-state index contributed by atoms with van der Waals surface area (Å²) < 4.78 is 0. The minimum Gasteiger partial charge on any atom is -1.00 e. The Hall–Kier alpha value is -1.18. The number of fused-ring (bicyclic) bond motifs is 4. The Morgan fingerprint density at radius 2 is 1.04 bits per heavy atom. The van der Waals surface area contributed by atoms with Crippen molar-refractivity contribution in [3.8, 4) is 0 Å². The molecule has 0 atom stereocenters. The third-order valence-electron chi connectivity index (χ3n) is 4.07. The maximum absolute atomic E-state index is 2.24. The van der Waals surface area contributed by atoms with Crippen LogP contribution in [0.3, 0.4) is 0 Å². The zero-order valence-corrected chi connectivity index (χ0v) is 21.0. The van der Waals surface area contributed by atoms with Crippen LogP contribution >= 0.6 is 0 Å². The van der Waals surface area contributed by atoms with E-state index in [9.17, 15) is 0 Å². The van der Waals surface area contributed by atoms with E-state index in [1.807, 2.05) is 0 Å². The van der Waals surface area contributed by atoms with Crippen LogP contribution in [0.5, 0.6) is 0 Å². The minimum atomic E-state index is 0. The molecule has 0 aliphatic rings. The summed E-state index contributed by atoms with van der Waals surface area (Å²) in [5.74, 6) is 0. The van der Waals surface area contributed by atoms with Gasteiger partial charge in [0.1, 0.15) is 0 Å². The first kappa shape index (κ1) is 26.8. The summed E-state index contributed by atoms with van der Waals surface area (Å²) in [5, 5.41) is 8.05. The molecule has 4 heteroatoms. The van der Waals surface area contributed by atoms with Crippen molar-refractivity contribution in [3.05, 3.63) is 97.1 Å². The second kappa shape index (κ2) is 13.9. The Balaban J connectivity index is 0.000000434. The molecule has 0 amide bonds. The largest absolute Gasteiger partial charge is 4.00 e. The summed E-state index contributed by atoms with van der Waals surface area (Å²) in [5.41, 5.74) is 0. The normalized spacial score (nSPS) is 9.07. The van der Waals surface area contributed by atoms with Gasteiger partial charge >= 0.3 is 26.2 Å². The molecule has 0 saturated carbocycles. The maximum atomic E-state index is 2.24. The Kier molecular flexibility index (Phi) is 13.3. The fraction of sp³-hybridized carbons (Fsp3) is 0.0833. The van der Waals surface area contributed by atoms with Crippen molar-refractivity contribution >= 4 is 41.8 Å². The van der Waals surface area contributed by atoms with Crippen LogP contribution in [0.2, 0.25) is 13.1 Å². The van der Waals surface area contributed by atoms with Gasteiger partial charge in [-0.3, -0.25) is 0 Å². The molecule has 0 N–H and O–H groups in total. The molecule has 2 radical (unpaired) electrons. The first-order valence-corrected chi connectivity index (χ1v) is 10.6. The van der Waals surface area contributed by atoms with E-state index in [4.69, 9.17) is 0 Å². The molecule has 0 spiro atoms. The van der Waals surface area contributed by atoms with E-state index in [0.717, 1.165) is 9.52 Å². The molecule has 5 aromatic carbocycles. The number of rotatable bonds is 0. The molecule has 5 aromatic rings. The zero-order valence-electron chi connectivity index (χ0n) is 16.0. The predicted molar refractivity (Wildman–Crippen MR) is 114 cm³/mol. The van der Waals surface area contributed by atoms with Crippen LogP contribution in [0.4, 0.5) is 0 Å². The number of hydrogen-bond donors (Lipinski definition) is 0. The second-order valence-corrected chi connectivity index (χ2v) is 6.97. The SMILES string of the molecule is C[Si]C.[Cl-].[Cl-].[Zr+4].c1ccc2[cH-]ccc2c1.c1ccc2c(c1)[cH-]c1ccccc12. The Morgan fingerprint density at radius 1 is 0.607 bits per heavy atom. The molecule has 0 aliphatic carbocycles. The zero-order chi connectivity index (χ0) is 17.5. The van der Waals surface area contributed by atoms with Crippen molar-refractivity contribution in [1.82, 2.24) is 0 Å². The monoisotopic (exact) mass is 498 g/mol. The van der Waals surface area contributed by atoms with E-state index in [2.05, 4.69) is 110 Å². The van der Waals surface area contributed by atoms with Crippen LogP contribution in [0.15, 0.2) is 97.1 Å². The first-order chi connectivity index (χ1) is 12.3. The molecule has 0 nitrogen and oxygen atoms in total. The summed E-state index contributed by atoms with van der Waals surface area (Å²) in [6, 6.07) is 33.9. The molecule has 0 heterocycles. The number of hydrogen-bond acceptors (Lipinski definition) is 0. The van der Waals surface area contributed by atoms with Gasteiger partial charge in [-0.25, -0.2) is 0 Å². The van der Waals surface area contributed by atoms with Crippen LogP contribution in [-0.4, -0.2) is 9.52 Å². The van der Waals surface area contributed by atoms with E-state index < -0.39 is 0 Å². The second-order valence-electron chi connectivity index (χ2n) is 5.97. The van der Waals surface area contributed by atoms with Crippen LogP contribution in [0.1, 0.15) is 0 Å². The number of benzene rings is 3. The fourth-order valence-corrected chi connectivity index (χ4v) is 2.97. The standard InChI is InChI=1S/C13H9.C9H7.C2H6Si.2ClH.Zr/c1-3-7-12-10(5-1)9-11-6-2-4-8-13(11)12;1-2-5-9-7-3-6-8(9)4-1;1-3-2;;;/h1-9H;1-7H;1-2H3;2*1H;/q2*-1;;;;+4/p-2. The van der Waals surface area contributed by atoms with E-state index in [-0.39, 0.29) is 51.0 Å². The Bertz CT molecular complexity index is 985. The first-order valence-electron chi connectivity index (χ1n) is 8.55. The average molecular weight is 501 g/mol. The molecular formula is C24H22Cl2SiZr. The average Bonchev–Trinajstić information content (AvgIpc) is 3.27. The predicted octanol–water partition coefficient (Wildman–Crippen LogP) is 1.06. The van der Waals surface area contributed by atoms with Crippen molar-refractivity contribution in [2.24, 2.45) is 0 Å². The fourth-order valence-electron chi connectivity index (χ4n) is 2.97. The van der Waals surface area contributed by atoms with E-state index >= 15 is 0 Å². The topological polar surface area (TPSA) is 0 Å². The van der Waals surface area contributed by atoms with Gasteiger partial charge in [0, 0.05) is 9.52 Å². The summed E-state index contributed by atoms with van der Waals surface area (Å²) in [6.07, 6.45) is 0. The van der Waals surface area contributed by atoms with Gasteiger partial charge in [-0.15, -0.1) is 69.4 Å². The van der Waals surface area contributed by atoms with Gasteiger partial charge in [-0.1, -0.05) is 55.6 Å². The molecule has 0 aliphatic heterocycles. The molecule has 140 valence electrons.